The Morgan fingerprint density at radius 3 is 2.56 bits per heavy atom. The van der Waals surface area contributed by atoms with Gasteiger partial charge < -0.3 is 5.32 Å². The van der Waals surface area contributed by atoms with Crippen molar-refractivity contribution in [1.82, 2.24) is 5.32 Å². The molecule has 0 unspecified atom stereocenters. The van der Waals surface area contributed by atoms with Crippen LogP contribution in [0.3, 0.4) is 0 Å². The summed E-state index contributed by atoms with van der Waals surface area (Å²) in [5, 5.41) is 4.30. The van der Waals surface area contributed by atoms with Gasteiger partial charge in [0.1, 0.15) is 0 Å². The molecule has 0 aliphatic rings. The Balaban J connectivity index is 1.94. The van der Waals surface area contributed by atoms with Crippen LogP contribution in [0.25, 0.3) is 0 Å². The number of thioether (sulfide) groups is 1. The van der Waals surface area contributed by atoms with E-state index in [4.69, 9.17) is 11.6 Å². The largest absolute Gasteiger partial charge is 0.316 e. The Labute approximate surface area is 121 Å². The van der Waals surface area contributed by atoms with Crippen LogP contribution >= 0.6 is 23.4 Å². The highest BCUT2D eigenvalue weighted by molar-refractivity contribution is 7.98. The van der Waals surface area contributed by atoms with Crippen molar-refractivity contribution in [2.75, 3.05) is 18.8 Å². The molecule has 0 aliphatic carbocycles. The van der Waals surface area contributed by atoms with Gasteiger partial charge >= 0.3 is 0 Å². The van der Waals surface area contributed by atoms with Crippen molar-refractivity contribution in [3.63, 3.8) is 0 Å². The van der Waals surface area contributed by atoms with Gasteiger partial charge in [0, 0.05) is 10.8 Å². The van der Waals surface area contributed by atoms with E-state index in [1.54, 1.807) is 0 Å². The van der Waals surface area contributed by atoms with Crippen LogP contribution in [-0.2, 0) is 5.75 Å². The third kappa shape index (κ3) is 8.02. The lowest BCUT2D eigenvalue weighted by Gasteiger charge is -2.07. The number of benzene rings is 1. The molecule has 0 aromatic heterocycles. The number of rotatable bonds is 9. The highest BCUT2D eigenvalue weighted by atomic mass is 35.5. The number of nitrogens with one attached hydrogen (secondary N) is 1. The Morgan fingerprint density at radius 2 is 1.89 bits per heavy atom. The van der Waals surface area contributed by atoms with E-state index in [1.165, 1.54) is 24.2 Å². The standard InChI is InChI=1S/C15H24ClNS/c1-13(2)11-17-9-3-4-10-18-12-14-5-7-15(16)8-6-14/h5-8,13,17H,3-4,9-12H2,1-2H3. The Hall–Kier alpha value is -0.180. The molecule has 0 saturated heterocycles. The predicted octanol–water partition coefficient (Wildman–Crippen LogP) is 4.60. The van der Waals surface area contributed by atoms with Crippen molar-refractivity contribution in [1.29, 1.82) is 0 Å². The van der Waals surface area contributed by atoms with Gasteiger partial charge in [-0.25, -0.2) is 0 Å². The number of halogens is 1. The van der Waals surface area contributed by atoms with E-state index >= 15 is 0 Å². The van der Waals surface area contributed by atoms with E-state index in [-0.39, 0.29) is 0 Å². The van der Waals surface area contributed by atoms with Crippen LogP contribution < -0.4 is 5.32 Å². The van der Waals surface area contributed by atoms with Gasteiger partial charge in [0.05, 0.1) is 0 Å². The van der Waals surface area contributed by atoms with Crippen LogP contribution in [0.2, 0.25) is 5.02 Å². The van der Waals surface area contributed by atoms with Gasteiger partial charge in [-0.15, -0.1) is 0 Å². The van der Waals surface area contributed by atoms with Crippen LogP contribution in [0, 0.1) is 5.92 Å². The van der Waals surface area contributed by atoms with E-state index in [9.17, 15) is 0 Å². The second-order valence-electron chi connectivity index (χ2n) is 4.98. The molecule has 0 spiro atoms. The minimum atomic E-state index is 0.754. The molecule has 0 fully saturated rings. The molecule has 0 atom stereocenters. The first kappa shape index (κ1) is 15.9. The lowest BCUT2D eigenvalue weighted by molar-refractivity contribution is 0.541. The average Bonchev–Trinajstić information content (AvgIpc) is 2.34. The first-order valence-corrected chi connectivity index (χ1v) is 8.24. The summed E-state index contributed by atoms with van der Waals surface area (Å²) in [4.78, 5) is 0. The molecule has 1 rings (SSSR count). The van der Waals surface area contributed by atoms with Crippen LogP contribution in [0.15, 0.2) is 24.3 Å². The zero-order valence-electron chi connectivity index (χ0n) is 11.4. The van der Waals surface area contributed by atoms with Crippen molar-refractivity contribution >= 4 is 23.4 Å². The number of hydrogen-bond acceptors (Lipinski definition) is 2. The average molecular weight is 286 g/mol. The van der Waals surface area contributed by atoms with Crippen LogP contribution in [0.4, 0.5) is 0 Å². The SMILES string of the molecule is CC(C)CNCCCCSCc1ccc(Cl)cc1. The monoisotopic (exact) mass is 285 g/mol. The smallest absolute Gasteiger partial charge is 0.0406 e. The predicted molar refractivity (Wildman–Crippen MR) is 84.6 cm³/mol. The molecule has 0 radical (unpaired) electrons. The summed E-state index contributed by atoms with van der Waals surface area (Å²) in [5.41, 5.74) is 1.36. The molecule has 1 aromatic carbocycles. The first-order chi connectivity index (χ1) is 8.68. The molecule has 1 aromatic rings. The van der Waals surface area contributed by atoms with Crippen molar-refractivity contribution < 1.29 is 0 Å². The fraction of sp³-hybridized carbons (Fsp3) is 0.600. The second kappa shape index (κ2) is 9.71. The topological polar surface area (TPSA) is 12.0 Å². The summed E-state index contributed by atoms with van der Waals surface area (Å²) in [5.74, 6) is 3.09. The number of unbranched alkanes of at least 4 members (excludes halogenated alkanes) is 1. The van der Waals surface area contributed by atoms with Crippen molar-refractivity contribution in [3.8, 4) is 0 Å². The highest BCUT2D eigenvalue weighted by Gasteiger charge is 1.95. The van der Waals surface area contributed by atoms with E-state index in [2.05, 4.69) is 31.3 Å². The van der Waals surface area contributed by atoms with Gasteiger partial charge in [-0.1, -0.05) is 37.6 Å². The maximum absolute atomic E-state index is 5.85. The molecule has 1 nitrogen and oxygen atoms in total. The van der Waals surface area contributed by atoms with Crippen molar-refractivity contribution in [2.45, 2.75) is 32.4 Å². The minimum Gasteiger partial charge on any atom is -0.316 e. The molecule has 18 heavy (non-hydrogen) atoms. The molecule has 0 amide bonds. The molecular weight excluding hydrogens is 262 g/mol. The maximum atomic E-state index is 5.85. The summed E-state index contributed by atoms with van der Waals surface area (Å²) in [6.45, 7) is 6.78. The third-order valence-corrected chi connectivity index (χ3v) is 3.99. The van der Waals surface area contributed by atoms with Crippen LogP contribution in [0.5, 0.6) is 0 Å². The zero-order chi connectivity index (χ0) is 13.2. The van der Waals surface area contributed by atoms with Crippen LogP contribution in [-0.4, -0.2) is 18.8 Å². The fourth-order valence-corrected chi connectivity index (χ4v) is 2.72. The van der Waals surface area contributed by atoms with E-state index in [1.807, 2.05) is 23.9 Å². The van der Waals surface area contributed by atoms with Gasteiger partial charge in [-0.2, -0.15) is 11.8 Å². The fourth-order valence-electron chi connectivity index (χ4n) is 1.62. The molecule has 1 N–H and O–H groups in total. The van der Waals surface area contributed by atoms with Gasteiger partial charge in [-0.3, -0.25) is 0 Å². The van der Waals surface area contributed by atoms with Gasteiger partial charge in [0.2, 0.25) is 0 Å². The van der Waals surface area contributed by atoms with Crippen molar-refractivity contribution in [3.05, 3.63) is 34.9 Å². The van der Waals surface area contributed by atoms with E-state index in [0.29, 0.717) is 0 Å². The Morgan fingerprint density at radius 1 is 1.17 bits per heavy atom. The molecule has 3 heteroatoms. The quantitative estimate of drug-likeness (QED) is 0.666. The maximum Gasteiger partial charge on any atom is 0.0406 e. The lowest BCUT2D eigenvalue weighted by atomic mass is 10.2. The molecular formula is C15H24ClNS. The molecule has 0 bridgehead atoms. The van der Waals surface area contributed by atoms with Gasteiger partial charge in [0.25, 0.3) is 0 Å². The Kier molecular flexibility index (Phi) is 8.57. The summed E-state index contributed by atoms with van der Waals surface area (Å²) >= 11 is 7.86. The highest BCUT2D eigenvalue weighted by Crippen LogP contribution is 2.16. The molecule has 0 aliphatic heterocycles. The summed E-state index contributed by atoms with van der Waals surface area (Å²) < 4.78 is 0. The normalized spacial score (nSPS) is 11.1. The van der Waals surface area contributed by atoms with Crippen LogP contribution in [0.1, 0.15) is 32.3 Å². The van der Waals surface area contributed by atoms with E-state index < -0.39 is 0 Å². The Bertz CT molecular complexity index is 311. The van der Waals surface area contributed by atoms with Crippen molar-refractivity contribution in [2.24, 2.45) is 5.92 Å². The summed E-state index contributed by atoms with van der Waals surface area (Å²) in [6.07, 6.45) is 2.57. The minimum absolute atomic E-state index is 0.754. The molecule has 0 saturated carbocycles. The van der Waals surface area contributed by atoms with E-state index in [0.717, 1.165) is 29.8 Å². The van der Waals surface area contributed by atoms with Gasteiger partial charge in [0.15, 0.2) is 0 Å². The van der Waals surface area contributed by atoms with Gasteiger partial charge in [-0.05, 0) is 55.3 Å². The first-order valence-electron chi connectivity index (χ1n) is 6.71. The zero-order valence-corrected chi connectivity index (χ0v) is 13.0. The molecule has 0 heterocycles. The summed E-state index contributed by atoms with van der Waals surface area (Å²) in [7, 11) is 0. The number of hydrogen-bond donors (Lipinski definition) is 1. The lowest BCUT2D eigenvalue weighted by Crippen LogP contribution is -2.20. The summed E-state index contributed by atoms with van der Waals surface area (Å²) in [6, 6.07) is 8.15. The molecule has 102 valence electrons. The second-order valence-corrected chi connectivity index (χ2v) is 6.53. The third-order valence-electron chi connectivity index (χ3n) is 2.63.